The van der Waals surface area contributed by atoms with Gasteiger partial charge < -0.3 is 20.5 Å². The van der Waals surface area contributed by atoms with Crippen LogP contribution in [-0.2, 0) is 20.2 Å². The first kappa shape index (κ1) is 34.4. The molecule has 3 N–H and O–H groups in total. The van der Waals surface area contributed by atoms with Crippen LogP contribution in [0.1, 0.15) is 92.1 Å². The van der Waals surface area contributed by atoms with Gasteiger partial charge in [0.2, 0.25) is 0 Å². The minimum Gasteiger partial charge on any atom is -0.494 e. The van der Waals surface area contributed by atoms with Crippen LogP contribution in [0.2, 0.25) is 5.02 Å². The Kier molecular flexibility index (Phi) is 9.47. The summed E-state index contributed by atoms with van der Waals surface area (Å²) in [5.41, 5.74) is -0.845. The fraction of sp³-hybridized carbons (Fsp3) is 0.400. The average Bonchev–Trinajstić information content (AvgIpc) is 3.24. The number of nitrogens with one attached hydrogen (secondary N) is 2. The van der Waals surface area contributed by atoms with Gasteiger partial charge in [0.05, 0.1) is 23.3 Å². The summed E-state index contributed by atoms with van der Waals surface area (Å²) in [7, 11) is -4.48. The minimum absolute atomic E-state index is 0.102. The molecule has 0 bridgehead atoms. The van der Waals surface area contributed by atoms with E-state index in [0.717, 1.165) is 4.31 Å². The minimum atomic E-state index is -4.48. The van der Waals surface area contributed by atoms with E-state index in [1.165, 1.54) is 42.5 Å². The van der Waals surface area contributed by atoms with Gasteiger partial charge in [-0.1, -0.05) is 11.6 Å². The zero-order chi connectivity index (χ0) is 34.3. The number of hydrogen-bond donors (Lipinski definition) is 3. The van der Waals surface area contributed by atoms with Crippen LogP contribution in [0.25, 0.3) is 0 Å². The van der Waals surface area contributed by atoms with E-state index in [-0.39, 0.29) is 56.3 Å². The number of anilines is 1. The SMILES string of the molecule is CCOc1ccc2c(c1)C(C)(c1cc(C(=O)NC3CCC(O)CC3)ccc1Cl)C(=O)N2S(=O)(=O)c1ccc(C(=O)NC(C)(C)C)cc1. The summed E-state index contributed by atoms with van der Waals surface area (Å²) in [6.07, 6.45) is 2.11. The molecule has 0 aromatic heterocycles. The second-order valence-corrected chi connectivity index (χ2v) is 15.4. The summed E-state index contributed by atoms with van der Waals surface area (Å²) < 4.78 is 34.9. The van der Waals surface area contributed by atoms with E-state index >= 15 is 0 Å². The van der Waals surface area contributed by atoms with Gasteiger partial charge in [-0.15, -0.1) is 0 Å². The van der Waals surface area contributed by atoms with Gasteiger partial charge >= 0.3 is 0 Å². The molecule has 3 aromatic rings. The summed E-state index contributed by atoms with van der Waals surface area (Å²) in [6, 6.07) is 14.7. The van der Waals surface area contributed by atoms with Gasteiger partial charge in [0, 0.05) is 33.3 Å². The maximum atomic E-state index is 14.5. The molecular weight excluding hydrogens is 642 g/mol. The van der Waals surface area contributed by atoms with Crippen molar-refractivity contribution >= 4 is 45.0 Å². The molecule has 3 amide bonds. The zero-order valence-corrected chi connectivity index (χ0v) is 28.7. The molecule has 2 aliphatic rings. The van der Waals surface area contributed by atoms with Crippen LogP contribution in [0.5, 0.6) is 5.75 Å². The molecule has 1 fully saturated rings. The first-order valence-electron chi connectivity index (χ1n) is 15.6. The van der Waals surface area contributed by atoms with Crippen molar-refractivity contribution in [1.29, 1.82) is 0 Å². The van der Waals surface area contributed by atoms with E-state index < -0.39 is 26.9 Å². The van der Waals surface area contributed by atoms with Crippen LogP contribution in [0.4, 0.5) is 5.69 Å². The van der Waals surface area contributed by atoms with E-state index in [4.69, 9.17) is 16.3 Å². The summed E-state index contributed by atoms with van der Waals surface area (Å²) in [5.74, 6) is -1.07. The van der Waals surface area contributed by atoms with Crippen LogP contribution in [0.3, 0.4) is 0 Å². The molecule has 1 saturated carbocycles. The zero-order valence-electron chi connectivity index (χ0n) is 27.1. The number of aliphatic hydroxyl groups excluding tert-OH is 1. The van der Waals surface area contributed by atoms with Gasteiger partial charge in [0.1, 0.15) is 11.2 Å². The first-order chi connectivity index (χ1) is 22.1. The molecule has 1 unspecified atom stereocenters. The Balaban J connectivity index is 1.55. The van der Waals surface area contributed by atoms with Gasteiger partial charge in [-0.05, 0) is 127 Å². The van der Waals surface area contributed by atoms with Crippen LogP contribution < -0.4 is 19.7 Å². The van der Waals surface area contributed by atoms with Crippen LogP contribution in [-0.4, -0.2) is 55.5 Å². The van der Waals surface area contributed by atoms with Crippen LogP contribution >= 0.6 is 11.6 Å². The standard InChI is InChI=1S/C35H40ClN3O7S/c1-6-46-25-14-18-30-28(20-25)35(5,27-19-22(9-17-29(27)36)31(41)37-23-10-12-24(40)13-11-23)33(43)39(30)47(44,45)26-15-7-21(8-16-26)32(42)38-34(2,3)4/h7-9,14-20,23-24,40H,6,10-13H2,1-5H3,(H,37,41)(H,38,42). The maximum Gasteiger partial charge on any atom is 0.270 e. The maximum absolute atomic E-state index is 14.5. The lowest BCUT2D eigenvalue weighted by Gasteiger charge is -2.28. The van der Waals surface area contributed by atoms with Crippen molar-refractivity contribution in [3.05, 3.63) is 87.9 Å². The number of aliphatic hydroxyl groups is 1. The second-order valence-electron chi connectivity index (χ2n) is 13.2. The number of carbonyl (C=O) groups excluding carboxylic acids is 3. The molecule has 1 heterocycles. The Morgan fingerprint density at radius 2 is 1.60 bits per heavy atom. The average molecular weight is 682 g/mol. The lowest BCUT2D eigenvalue weighted by Crippen LogP contribution is -2.43. The van der Waals surface area contributed by atoms with Crippen molar-refractivity contribution in [3.63, 3.8) is 0 Å². The third-order valence-electron chi connectivity index (χ3n) is 8.59. The molecule has 1 atom stereocenters. The largest absolute Gasteiger partial charge is 0.494 e. The Labute approximate surface area is 280 Å². The third-order valence-corrected chi connectivity index (χ3v) is 10.6. The molecule has 47 heavy (non-hydrogen) atoms. The number of nitrogens with zero attached hydrogens (tertiary/aromatic N) is 1. The summed E-state index contributed by atoms with van der Waals surface area (Å²) >= 11 is 6.73. The number of sulfonamides is 1. The van der Waals surface area contributed by atoms with Gasteiger partial charge in [-0.2, -0.15) is 0 Å². The van der Waals surface area contributed by atoms with E-state index in [0.29, 0.717) is 43.6 Å². The molecule has 1 aliphatic heterocycles. The number of benzene rings is 3. The fourth-order valence-electron chi connectivity index (χ4n) is 6.11. The number of amides is 3. The highest BCUT2D eigenvalue weighted by atomic mass is 35.5. The highest BCUT2D eigenvalue weighted by Gasteiger charge is 2.54. The molecule has 250 valence electrons. The predicted octanol–water partition coefficient (Wildman–Crippen LogP) is 5.34. The topological polar surface area (TPSA) is 142 Å². The summed E-state index contributed by atoms with van der Waals surface area (Å²) in [6.45, 7) is 9.26. The van der Waals surface area contributed by atoms with Gasteiger partial charge in [0.25, 0.3) is 27.7 Å². The predicted molar refractivity (Wildman–Crippen MR) is 180 cm³/mol. The van der Waals surface area contributed by atoms with Gasteiger partial charge in [-0.25, -0.2) is 12.7 Å². The smallest absolute Gasteiger partial charge is 0.270 e. The van der Waals surface area contributed by atoms with Crippen molar-refractivity contribution in [3.8, 4) is 5.75 Å². The Hall–Kier alpha value is -3.93. The monoisotopic (exact) mass is 681 g/mol. The molecule has 1 aliphatic carbocycles. The second kappa shape index (κ2) is 12.9. The number of hydrogen-bond acceptors (Lipinski definition) is 7. The Morgan fingerprint density at radius 3 is 2.21 bits per heavy atom. The van der Waals surface area contributed by atoms with Crippen molar-refractivity contribution in [2.75, 3.05) is 10.9 Å². The molecule has 3 aromatic carbocycles. The number of rotatable bonds is 8. The molecule has 12 heteroatoms. The van der Waals surface area contributed by atoms with Crippen LogP contribution in [0.15, 0.2) is 65.6 Å². The fourth-order valence-corrected chi connectivity index (χ4v) is 7.93. The number of carbonyl (C=O) groups is 3. The molecule has 0 saturated heterocycles. The normalized spacial score (nSPS) is 21.3. The number of ether oxygens (including phenoxy) is 1. The quantitative estimate of drug-likeness (QED) is 0.291. The molecule has 0 radical (unpaired) electrons. The molecular formula is C35H40ClN3O7S. The van der Waals surface area contributed by atoms with Crippen LogP contribution in [0, 0.1) is 0 Å². The van der Waals surface area contributed by atoms with E-state index in [1.54, 1.807) is 25.1 Å². The highest BCUT2D eigenvalue weighted by molar-refractivity contribution is 7.93. The summed E-state index contributed by atoms with van der Waals surface area (Å²) in [5, 5.41) is 15.9. The van der Waals surface area contributed by atoms with E-state index in [2.05, 4.69) is 10.6 Å². The van der Waals surface area contributed by atoms with Gasteiger partial charge in [0.15, 0.2) is 0 Å². The first-order valence-corrected chi connectivity index (χ1v) is 17.5. The third kappa shape index (κ3) is 6.75. The Bertz CT molecular complexity index is 1810. The van der Waals surface area contributed by atoms with Crippen molar-refractivity contribution in [2.45, 2.75) is 88.3 Å². The molecule has 5 rings (SSSR count). The molecule has 0 spiro atoms. The van der Waals surface area contributed by atoms with Gasteiger partial charge in [-0.3, -0.25) is 14.4 Å². The number of fused-ring (bicyclic) bond motifs is 1. The van der Waals surface area contributed by atoms with E-state index in [9.17, 15) is 27.9 Å². The van der Waals surface area contributed by atoms with E-state index in [1.807, 2.05) is 27.7 Å². The highest BCUT2D eigenvalue weighted by Crippen LogP contribution is 2.51. The number of halogens is 1. The van der Waals surface area contributed by atoms with Crippen molar-refractivity contribution in [1.82, 2.24) is 10.6 Å². The van der Waals surface area contributed by atoms with Crippen molar-refractivity contribution < 1.29 is 32.6 Å². The molecule has 10 nitrogen and oxygen atoms in total. The van der Waals surface area contributed by atoms with Crippen molar-refractivity contribution in [2.24, 2.45) is 0 Å². The summed E-state index contributed by atoms with van der Waals surface area (Å²) in [4.78, 5) is 40.4. The Morgan fingerprint density at radius 1 is 0.957 bits per heavy atom. The lowest BCUT2D eigenvalue weighted by molar-refractivity contribution is -0.120. The lowest BCUT2D eigenvalue weighted by atomic mass is 9.76.